The fourth-order valence-electron chi connectivity index (χ4n) is 3.16. The van der Waals surface area contributed by atoms with E-state index in [9.17, 15) is 9.59 Å². The van der Waals surface area contributed by atoms with Crippen molar-refractivity contribution in [2.45, 2.75) is 19.3 Å². The van der Waals surface area contributed by atoms with E-state index < -0.39 is 16.9 Å². The molecule has 0 saturated heterocycles. The largest absolute Gasteiger partial charge is 0.434 e. The molecule has 2 aromatic rings. The van der Waals surface area contributed by atoms with Crippen LogP contribution in [0.15, 0.2) is 50.2 Å². The van der Waals surface area contributed by atoms with Gasteiger partial charge in [0, 0.05) is 5.57 Å². The summed E-state index contributed by atoms with van der Waals surface area (Å²) in [4.78, 5) is 25.6. The predicted molar refractivity (Wildman–Crippen MR) is 106 cm³/mol. The molecule has 0 atom stereocenters. The predicted octanol–water partition coefficient (Wildman–Crippen LogP) is 2.39. The summed E-state index contributed by atoms with van der Waals surface area (Å²) in [5.41, 5.74) is 3.55. The monoisotopic (exact) mass is 430 g/mol. The van der Waals surface area contributed by atoms with Crippen LogP contribution in [-0.2, 0) is 0 Å². The summed E-state index contributed by atoms with van der Waals surface area (Å²) in [6, 6.07) is 4.38. The average molecular weight is 431 g/mol. The maximum absolute atomic E-state index is 12.1. The van der Waals surface area contributed by atoms with Gasteiger partial charge in [0.2, 0.25) is 11.6 Å². The fraction of sp³-hybridized carbons (Fsp3) is 0.167. The van der Waals surface area contributed by atoms with Crippen LogP contribution in [-0.4, -0.2) is 20.7 Å². The number of hydrazone groups is 1. The third-order valence-electron chi connectivity index (χ3n) is 4.49. The minimum atomic E-state index is -0.879. The Morgan fingerprint density at radius 1 is 1.21 bits per heavy atom. The molecule has 1 aliphatic carbocycles. The number of nitrogens with zero attached hydrogens (tertiary/aromatic N) is 4. The zero-order valence-corrected chi connectivity index (χ0v) is 16.3. The van der Waals surface area contributed by atoms with Gasteiger partial charge in [-0.05, 0) is 37.0 Å². The molecule has 2 N–H and O–H groups in total. The van der Waals surface area contributed by atoms with Crippen molar-refractivity contribution in [3.05, 3.63) is 72.1 Å². The lowest BCUT2D eigenvalue weighted by Gasteiger charge is -2.19. The molecule has 146 valence electrons. The number of nitrogens with one attached hydrogen (secondary N) is 2. The Morgan fingerprint density at radius 2 is 1.90 bits per heavy atom. The first-order chi connectivity index (χ1) is 13.9. The second-order valence-electron chi connectivity index (χ2n) is 6.29. The number of hydrogen-bond acceptors (Lipinski definition) is 7. The molecule has 0 amide bonds. The van der Waals surface area contributed by atoms with Crippen LogP contribution in [0, 0.1) is 11.3 Å². The van der Waals surface area contributed by atoms with E-state index >= 15 is 0 Å². The Balaban J connectivity index is 1.73. The van der Waals surface area contributed by atoms with Gasteiger partial charge in [0.25, 0.3) is 5.56 Å². The van der Waals surface area contributed by atoms with E-state index in [-0.39, 0.29) is 21.5 Å². The molecule has 0 saturated carbocycles. The molecule has 0 unspecified atom stereocenters. The Hall–Kier alpha value is -3.35. The number of rotatable bonds is 2. The van der Waals surface area contributed by atoms with Crippen LogP contribution in [0.5, 0.6) is 5.75 Å². The molecule has 0 radical (unpaired) electrons. The lowest BCUT2D eigenvalue weighted by molar-refractivity contribution is 0.537. The van der Waals surface area contributed by atoms with E-state index in [2.05, 4.69) is 22.2 Å². The highest BCUT2D eigenvalue weighted by Crippen LogP contribution is 2.38. The molecule has 29 heavy (non-hydrogen) atoms. The molecular formula is C18H12Cl2N6O3. The van der Waals surface area contributed by atoms with Gasteiger partial charge in [0.05, 0.1) is 21.4 Å². The molecule has 1 aromatic carbocycles. The highest BCUT2D eigenvalue weighted by molar-refractivity contribution is 6.37. The second kappa shape index (κ2) is 7.24. The van der Waals surface area contributed by atoms with Crippen molar-refractivity contribution in [1.29, 1.82) is 5.26 Å². The van der Waals surface area contributed by atoms with Crippen LogP contribution in [0.25, 0.3) is 5.69 Å². The number of nitriles is 1. The lowest BCUT2D eigenvalue weighted by atomic mass is 10.1. The fourth-order valence-corrected chi connectivity index (χ4v) is 3.71. The minimum Gasteiger partial charge on any atom is -0.434 e. The first kappa shape index (κ1) is 19.0. The Bertz CT molecular complexity index is 1260. The molecule has 2 heterocycles. The molecule has 0 spiro atoms. The van der Waals surface area contributed by atoms with Gasteiger partial charge in [-0.2, -0.15) is 9.94 Å². The number of allylic oxidation sites excluding steroid dienone is 1. The van der Waals surface area contributed by atoms with Gasteiger partial charge in [0.15, 0.2) is 5.75 Å². The van der Waals surface area contributed by atoms with Gasteiger partial charge >= 0.3 is 5.69 Å². The van der Waals surface area contributed by atoms with Crippen molar-refractivity contribution >= 4 is 29.1 Å². The van der Waals surface area contributed by atoms with Crippen molar-refractivity contribution < 1.29 is 4.74 Å². The van der Waals surface area contributed by atoms with Crippen LogP contribution < -0.4 is 21.4 Å². The summed E-state index contributed by atoms with van der Waals surface area (Å²) in [7, 11) is 0. The number of aromatic nitrogens is 3. The molecule has 11 heteroatoms. The lowest BCUT2D eigenvalue weighted by Crippen LogP contribution is -2.33. The quantitative estimate of drug-likeness (QED) is 0.752. The third-order valence-corrected chi connectivity index (χ3v) is 5.05. The second-order valence-corrected chi connectivity index (χ2v) is 7.10. The van der Waals surface area contributed by atoms with Gasteiger partial charge in [-0.1, -0.05) is 29.8 Å². The minimum absolute atomic E-state index is 0.0955. The zero-order chi connectivity index (χ0) is 20.7. The number of aromatic amines is 1. The topological polar surface area (TPSA) is 125 Å². The summed E-state index contributed by atoms with van der Waals surface area (Å²) in [5.74, 6) is 0.509. The number of ether oxygens (including phenoxy) is 1. The van der Waals surface area contributed by atoms with E-state index in [0.717, 1.165) is 40.8 Å². The number of benzene rings is 1. The molecule has 0 fully saturated rings. The summed E-state index contributed by atoms with van der Waals surface area (Å²) in [6.07, 6.45) is 2.65. The summed E-state index contributed by atoms with van der Waals surface area (Å²) < 4.78 is 6.69. The van der Waals surface area contributed by atoms with E-state index in [1.54, 1.807) is 6.07 Å². The van der Waals surface area contributed by atoms with Crippen LogP contribution >= 0.6 is 23.2 Å². The highest BCUT2D eigenvalue weighted by atomic mass is 35.5. The molecule has 1 aromatic heterocycles. The molecular weight excluding hydrogens is 419 g/mol. The first-order valence-corrected chi connectivity index (χ1v) is 9.21. The van der Waals surface area contributed by atoms with Crippen molar-refractivity contribution in [2.75, 3.05) is 0 Å². The number of halogens is 2. The van der Waals surface area contributed by atoms with Crippen LogP contribution in [0.4, 0.5) is 0 Å². The van der Waals surface area contributed by atoms with Crippen molar-refractivity contribution in [3.63, 3.8) is 0 Å². The average Bonchev–Trinajstić information content (AvgIpc) is 3.17. The molecule has 9 nitrogen and oxygen atoms in total. The van der Waals surface area contributed by atoms with Crippen LogP contribution in [0.2, 0.25) is 10.0 Å². The molecule has 4 rings (SSSR count). The van der Waals surface area contributed by atoms with Crippen molar-refractivity contribution in [3.8, 4) is 17.5 Å². The van der Waals surface area contributed by atoms with Crippen molar-refractivity contribution in [1.82, 2.24) is 20.2 Å². The highest BCUT2D eigenvalue weighted by Gasteiger charge is 2.27. The molecule has 1 aliphatic heterocycles. The Kier molecular flexibility index (Phi) is 4.74. The first-order valence-electron chi connectivity index (χ1n) is 8.45. The van der Waals surface area contributed by atoms with Crippen molar-refractivity contribution in [2.24, 2.45) is 5.10 Å². The number of H-pyrrole nitrogens is 1. The van der Waals surface area contributed by atoms with Gasteiger partial charge in [0.1, 0.15) is 6.07 Å². The van der Waals surface area contributed by atoms with E-state index in [1.165, 1.54) is 12.1 Å². The van der Waals surface area contributed by atoms with E-state index in [4.69, 9.17) is 33.2 Å². The summed E-state index contributed by atoms with van der Waals surface area (Å²) in [5, 5.41) is 17.1. The SMILES string of the molecule is C=C1NN=C(Oc2c(Cl)cc(-n3nc(C#N)c(=O)[nH]c3=O)cc2Cl)C2=C1CCC2. The van der Waals surface area contributed by atoms with Gasteiger partial charge in [-0.3, -0.25) is 15.2 Å². The molecule has 0 bridgehead atoms. The van der Waals surface area contributed by atoms with Gasteiger partial charge < -0.3 is 4.74 Å². The van der Waals surface area contributed by atoms with Gasteiger partial charge in [-0.25, -0.2) is 4.79 Å². The van der Waals surface area contributed by atoms with Crippen LogP contribution in [0.1, 0.15) is 25.0 Å². The molecule has 2 aliphatic rings. The Labute approximate surface area is 173 Å². The Morgan fingerprint density at radius 3 is 2.59 bits per heavy atom. The van der Waals surface area contributed by atoms with E-state index in [1.807, 2.05) is 4.98 Å². The third kappa shape index (κ3) is 3.33. The summed E-state index contributed by atoms with van der Waals surface area (Å²) in [6.45, 7) is 3.94. The zero-order valence-electron chi connectivity index (χ0n) is 14.8. The number of hydrogen-bond donors (Lipinski definition) is 2. The van der Waals surface area contributed by atoms with E-state index in [0.29, 0.717) is 5.90 Å². The maximum atomic E-state index is 12.1. The smallest absolute Gasteiger partial charge is 0.349 e. The van der Waals surface area contributed by atoms with Crippen LogP contribution in [0.3, 0.4) is 0 Å². The summed E-state index contributed by atoms with van der Waals surface area (Å²) >= 11 is 12.7. The normalized spacial score (nSPS) is 15.5. The maximum Gasteiger partial charge on any atom is 0.349 e. The standard InChI is InChI=1S/C18H12Cl2N6O3/c1-8-10-3-2-4-11(10)17(24-23-8)29-15-12(19)5-9(6-13(15)20)26-18(28)22-16(27)14(7-21)25-26/h5-6,23H,1-4H2,(H,22,27,28). The van der Waals surface area contributed by atoms with Gasteiger partial charge in [-0.15, -0.1) is 10.2 Å².